The third-order valence-electron chi connectivity index (χ3n) is 2.75. The predicted octanol–water partition coefficient (Wildman–Crippen LogP) is 2.72. The zero-order valence-electron chi connectivity index (χ0n) is 8.64. The molecule has 2 nitrogen and oxygen atoms in total. The van der Waals surface area contributed by atoms with Crippen LogP contribution < -0.4 is 0 Å². The van der Waals surface area contributed by atoms with Crippen LogP contribution in [0.25, 0.3) is 12.3 Å². The van der Waals surface area contributed by atoms with Gasteiger partial charge in [0.05, 0.1) is 5.69 Å². The van der Waals surface area contributed by atoms with Crippen molar-refractivity contribution in [3.63, 3.8) is 0 Å². The fourth-order valence-corrected chi connectivity index (χ4v) is 2.01. The van der Waals surface area contributed by atoms with Gasteiger partial charge in [-0.25, -0.2) is 4.98 Å². The summed E-state index contributed by atoms with van der Waals surface area (Å²) in [6, 6.07) is 8.46. The summed E-state index contributed by atoms with van der Waals surface area (Å²) < 4.78 is 2.11. The second-order valence-electron chi connectivity index (χ2n) is 3.90. The van der Waals surface area contributed by atoms with E-state index in [0.29, 0.717) is 0 Å². The molecule has 0 aliphatic carbocycles. The lowest BCUT2D eigenvalue weighted by Gasteiger charge is -2.01. The Bertz CT molecular complexity index is 535. The van der Waals surface area contributed by atoms with Gasteiger partial charge in [-0.15, -0.1) is 0 Å². The van der Waals surface area contributed by atoms with Crippen molar-refractivity contribution in [1.29, 1.82) is 0 Å². The van der Waals surface area contributed by atoms with Crippen molar-refractivity contribution in [2.45, 2.75) is 13.3 Å². The number of hydrogen-bond donors (Lipinski definition) is 0. The van der Waals surface area contributed by atoms with Crippen molar-refractivity contribution in [3.05, 3.63) is 53.1 Å². The molecule has 1 aromatic carbocycles. The van der Waals surface area contributed by atoms with Gasteiger partial charge in [0, 0.05) is 18.8 Å². The molecule has 1 aliphatic rings. The number of fused-ring (bicyclic) bond motifs is 2. The number of rotatable bonds is 0. The Morgan fingerprint density at radius 2 is 2.13 bits per heavy atom. The van der Waals surface area contributed by atoms with Crippen molar-refractivity contribution in [2.24, 2.45) is 0 Å². The van der Waals surface area contributed by atoms with Crippen LogP contribution in [0.1, 0.15) is 22.6 Å². The third kappa shape index (κ3) is 1.38. The fraction of sp³-hybridized carbons (Fsp3) is 0.154. The first-order valence-corrected chi connectivity index (χ1v) is 5.13. The van der Waals surface area contributed by atoms with Crippen LogP contribution in [0.2, 0.25) is 0 Å². The van der Waals surface area contributed by atoms with Crippen molar-refractivity contribution in [1.82, 2.24) is 9.55 Å². The highest BCUT2D eigenvalue weighted by atomic mass is 15.1. The van der Waals surface area contributed by atoms with E-state index in [2.05, 4.69) is 52.3 Å². The summed E-state index contributed by atoms with van der Waals surface area (Å²) >= 11 is 0. The molecular weight excluding hydrogens is 184 g/mol. The highest BCUT2D eigenvalue weighted by molar-refractivity contribution is 5.65. The van der Waals surface area contributed by atoms with E-state index >= 15 is 0 Å². The molecule has 1 aliphatic heterocycles. The van der Waals surface area contributed by atoms with Gasteiger partial charge in [0.1, 0.15) is 5.82 Å². The third-order valence-corrected chi connectivity index (χ3v) is 2.75. The Morgan fingerprint density at radius 3 is 3.07 bits per heavy atom. The summed E-state index contributed by atoms with van der Waals surface area (Å²) in [4.78, 5) is 4.52. The summed E-state index contributed by atoms with van der Waals surface area (Å²) in [5, 5.41) is 0. The molecule has 0 spiro atoms. The standard InChI is InChI=1S/C13H12N2/c1-10-9-15-7-6-11-4-2-3-5-12(11)8-13(15)14-10/h2-7,9H,8H2,1H3. The van der Waals surface area contributed by atoms with Gasteiger partial charge in [0.2, 0.25) is 0 Å². The van der Waals surface area contributed by atoms with E-state index in [-0.39, 0.29) is 0 Å². The van der Waals surface area contributed by atoms with Gasteiger partial charge >= 0.3 is 0 Å². The molecule has 0 unspecified atom stereocenters. The molecular formula is C13H12N2. The van der Waals surface area contributed by atoms with Gasteiger partial charge in [-0.05, 0) is 24.1 Å². The molecule has 0 N–H and O–H groups in total. The van der Waals surface area contributed by atoms with Gasteiger partial charge in [-0.1, -0.05) is 24.3 Å². The smallest absolute Gasteiger partial charge is 0.117 e. The Morgan fingerprint density at radius 1 is 1.27 bits per heavy atom. The average molecular weight is 196 g/mol. The lowest BCUT2D eigenvalue weighted by Crippen LogP contribution is -1.95. The summed E-state index contributed by atoms with van der Waals surface area (Å²) in [6.45, 7) is 2.03. The molecule has 74 valence electrons. The lowest BCUT2D eigenvalue weighted by molar-refractivity contribution is 0.955. The summed E-state index contributed by atoms with van der Waals surface area (Å²) in [6.07, 6.45) is 7.21. The molecule has 15 heavy (non-hydrogen) atoms. The van der Waals surface area contributed by atoms with Gasteiger partial charge < -0.3 is 4.57 Å². The fourth-order valence-electron chi connectivity index (χ4n) is 2.01. The second kappa shape index (κ2) is 3.09. The van der Waals surface area contributed by atoms with Crippen LogP contribution in [-0.2, 0) is 6.42 Å². The highest BCUT2D eigenvalue weighted by Gasteiger charge is 2.10. The van der Waals surface area contributed by atoms with Crippen molar-refractivity contribution in [3.8, 4) is 0 Å². The molecule has 2 heterocycles. The van der Waals surface area contributed by atoms with E-state index in [1.165, 1.54) is 11.1 Å². The van der Waals surface area contributed by atoms with Gasteiger partial charge in [-0.3, -0.25) is 0 Å². The van der Waals surface area contributed by atoms with Crippen LogP contribution in [-0.4, -0.2) is 9.55 Å². The monoisotopic (exact) mass is 196 g/mol. The number of imidazole rings is 1. The Labute approximate surface area is 88.9 Å². The van der Waals surface area contributed by atoms with Gasteiger partial charge in [-0.2, -0.15) is 0 Å². The number of aromatic nitrogens is 2. The number of aryl methyl sites for hydroxylation is 1. The SMILES string of the molecule is Cc1cn2c(n1)Cc1ccccc1C=C2. The molecule has 3 rings (SSSR count). The lowest BCUT2D eigenvalue weighted by atomic mass is 10.1. The van der Waals surface area contributed by atoms with Crippen LogP contribution in [0.3, 0.4) is 0 Å². The van der Waals surface area contributed by atoms with E-state index in [4.69, 9.17) is 0 Å². The molecule has 2 aromatic rings. The first-order chi connectivity index (χ1) is 7.33. The minimum Gasteiger partial charge on any atom is -0.310 e. The molecule has 0 radical (unpaired) electrons. The number of hydrogen-bond acceptors (Lipinski definition) is 1. The topological polar surface area (TPSA) is 17.8 Å². The first kappa shape index (κ1) is 8.48. The number of nitrogens with zero attached hydrogens (tertiary/aromatic N) is 2. The van der Waals surface area contributed by atoms with E-state index in [1.807, 2.05) is 6.92 Å². The van der Waals surface area contributed by atoms with Crippen LogP contribution in [0.5, 0.6) is 0 Å². The first-order valence-electron chi connectivity index (χ1n) is 5.13. The Hall–Kier alpha value is -1.83. The highest BCUT2D eigenvalue weighted by Crippen LogP contribution is 2.20. The molecule has 2 heteroatoms. The maximum Gasteiger partial charge on any atom is 0.117 e. The van der Waals surface area contributed by atoms with E-state index in [1.54, 1.807) is 0 Å². The molecule has 0 fully saturated rings. The number of benzene rings is 1. The van der Waals surface area contributed by atoms with Gasteiger partial charge in [0.25, 0.3) is 0 Å². The molecule has 0 bridgehead atoms. The van der Waals surface area contributed by atoms with E-state index in [0.717, 1.165) is 17.9 Å². The van der Waals surface area contributed by atoms with Crippen molar-refractivity contribution < 1.29 is 0 Å². The Kier molecular flexibility index (Phi) is 1.75. The quantitative estimate of drug-likeness (QED) is 0.540. The van der Waals surface area contributed by atoms with Gasteiger partial charge in [0.15, 0.2) is 0 Å². The maximum absolute atomic E-state index is 4.52. The molecule has 1 aromatic heterocycles. The second-order valence-corrected chi connectivity index (χ2v) is 3.90. The predicted molar refractivity (Wildman–Crippen MR) is 61.4 cm³/mol. The largest absolute Gasteiger partial charge is 0.310 e. The zero-order valence-corrected chi connectivity index (χ0v) is 8.64. The zero-order chi connectivity index (χ0) is 10.3. The average Bonchev–Trinajstić information content (AvgIpc) is 2.49. The minimum absolute atomic E-state index is 0.914. The Balaban J connectivity index is 2.17. The summed E-state index contributed by atoms with van der Waals surface area (Å²) in [7, 11) is 0. The molecule has 0 saturated heterocycles. The molecule has 0 saturated carbocycles. The summed E-state index contributed by atoms with van der Waals surface area (Å²) in [5.41, 5.74) is 3.72. The van der Waals surface area contributed by atoms with Crippen LogP contribution in [0.15, 0.2) is 30.5 Å². The maximum atomic E-state index is 4.52. The van der Waals surface area contributed by atoms with Crippen molar-refractivity contribution in [2.75, 3.05) is 0 Å². The van der Waals surface area contributed by atoms with Crippen LogP contribution >= 0.6 is 0 Å². The van der Waals surface area contributed by atoms with E-state index in [9.17, 15) is 0 Å². The molecule has 0 atom stereocenters. The molecule has 0 amide bonds. The minimum atomic E-state index is 0.914. The van der Waals surface area contributed by atoms with Crippen LogP contribution in [0, 0.1) is 6.92 Å². The van der Waals surface area contributed by atoms with Crippen LogP contribution in [0.4, 0.5) is 0 Å². The normalized spacial score (nSPS) is 13.1. The summed E-state index contributed by atoms with van der Waals surface area (Å²) in [5.74, 6) is 1.12. The van der Waals surface area contributed by atoms with E-state index < -0.39 is 0 Å². The van der Waals surface area contributed by atoms with Crippen molar-refractivity contribution >= 4 is 12.3 Å².